The number of likely N-dealkylation sites (tertiary alicyclic amines) is 2. The lowest BCUT2D eigenvalue weighted by Crippen LogP contribution is -2.60. The monoisotopic (exact) mass is 728 g/mol. The molecule has 1 saturated carbocycles. The van der Waals surface area contributed by atoms with E-state index in [1.165, 1.54) is 22.3 Å². The first-order valence-electron chi connectivity index (χ1n) is 14.5. The number of aromatic hydroxyl groups is 1. The number of rotatable bonds is 7. The summed E-state index contributed by atoms with van der Waals surface area (Å²) < 4.78 is 5.91. The second-order valence-electron chi connectivity index (χ2n) is 11.8. The van der Waals surface area contributed by atoms with Gasteiger partial charge in [0.1, 0.15) is 18.1 Å². The molecule has 0 radical (unpaired) electrons. The van der Waals surface area contributed by atoms with Crippen molar-refractivity contribution < 1.29 is 29.0 Å². The third kappa shape index (κ3) is 4.51. The molecule has 3 heterocycles. The van der Waals surface area contributed by atoms with Crippen LogP contribution in [-0.2, 0) is 32.3 Å². The second-order valence-corrected chi connectivity index (χ2v) is 14.6. The molecule has 45 heavy (non-hydrogen) atoms. The Kier molecular flexibility index (Phi) is 7.62. The van der Waals surface area contributed by atoms with Gasteiger partial charge < -0.3 is 9.84 Å². The number of allylic oxidation sites excluding steroid dienone is 2. The molecule has 12 heteroatoms. The van der Waals surface area contributed by atoms with Gasteiger partial charge in [0.05, 0.1) is 23.8 Å². The summed E-state index contributed by atoms with van der Waals surface area (Å²) in [6.45, 7) is 0.439. The number of carbonyl (C=O) groups excluding carboxylic acids is 4. The van der Waals surface area contributed by atoms with Crippen LogP contribution in [0.4, 0.5) is 0 Å². The standard InChI is InChI=1S/C33H27BrCl2N2O6S/c34-17-38-30(42)32(35)14-24-21(10-11-23-26(24)29(41)37(28(23)40)15-20-7-4-12-45-20)27(33(32,36)31(38)43)22-9-8-19(13-25(22)39)44-16-18-5-2-1-3-6-18/h1-10,12-13,23-24,26-27,39H,11,14-17H2/t23-,24+,26-,27+,32+,33-/m0/s1. The molecule has 2 aromatic carbocycles. The Morgan fingerprint density at radius 1 is 0.956 bits per heavy atom. The van der Waals surface area contributed by atoms with Gasteiger partial charge in [-0.15, -0.1) is 34.5 Å². The van der Waals surface area contributed by atoms with Gasteiger partial charge in [0.2, 0.25) is 11.8 Å². The summed E-state index contributed by atoms with van der Waals surface area (Å²) in [6.07, 6.45) is 2.00. The van der Waals surface area contributed by atoms with Crippen molar-refractivity contribution in [3.63, 3.8) is 0 Å². The molecule has 8 nitrogen and oxygen atoms in total. The van der Waals surface area contributed by atoms with E-state index in [0.29, 0.717) is 11.3 Å². The van der Waals surface area contributed by atoms with Crippen molar-refractivity contribution in [3.8, 4) is 11.5 Å². The molecule has 1 aromatic heterocycles. The minimum Gasteiger partial charge on any atom is -0.508 e. The zero-order chi connectivity index (χ0) is 31.7. The van der Waals surface area contributed by atoms with E-state index in [4.69, 9.17) is 27.9 Å². The van der Waals surface area contributed by atoms with Gasteiger partial charge in [0, 0.05) is 22.4 Å². The average molecular weight is 730 g/mol. The number of ether oxygens (including phenoxy) is 1. The number of fused-ring (bicyclic) bond motifs is 4. The summed E-state index contributed by atoms with van der Waals surface area (Å²) >= 11 is 19.2. The molecule has 1 N–H and O–H groups in total. The van der Waals surface area contributed by atoms with Gasteiger partial charge in [-0.05, 0) is 41.8 Å². The Morgan fingerprint density at radius 2 is 1.73 bits per heavy atom. The number of nitrogens with zero attached hydrogens (tertiary/aromatic N) is 2. The third-order valence-electron chi connectivity index (χ3n) is 9.56. The van der Waals surface area contributed by atoms with Crippen LogP contribution in [0.1, 0.15) is 34.8 Å². The number of phenols is 1. The number of imide groups is 2. The summed E-state index contributed by atoms with van der Waals surface area (Å²) in [5, 5.41) is 13.3. The van der Waals surface area contributed by atoms with Gasteiger partial charge in [-0.25, -0.2) is 0 Å². The molecule has 2 aliphatic heterocycles. The maximum Gasteiger partial charge on any atom is 0.254 e. The molecule has 0 unspecified atom stereocenters. The third-order valence-corrected chi connectivity index (χ3v) is 12.3. The Morgan fingerprint density at radius 3 is 2.42 bits per heavy atom. The van der Waals surface area contributed by atoms with Gasteiger partial charge in [-0.3, -0.25) is 29.0 Å². The van der Waals surface area contributed by atoms with E-state index < -0.39 is 45.2 Å². The topological polar surface area (TPSA) is 104 Å². The predicted octanol–water partition coefficient (Wildman–Crippen LogP) is 5.94. The Labute approximate surface area is 281 Å². The van der Waals surface area contributed by atoms with E-state index in [0.717, 1.165) is 15.3 Å². The van der Waals surface area contributed by atoms with Crippen LogP contribution >= 0.6 is 50.5 Å². The van der Waals surface area contributed by atoms with Crippen LogP contribution in [0, 0.1) is 17.8 Å². The number of thiophene rings is 1. The summed E-state index contributed by atoms with van der Waals surface area (Å²) in [5.74, 6) is -4.91. The molecule has 3 fully saturated rings. The van der Waals surface area contributed by atoms with Crippen LogP contribution in [0.5, 0.6) is 11.5 Å². The lowest BCUT2D eigenvalue weighted by molar-refractivity contribution is -0.141. The number of amides is 4. The molecule has 4 amide bonds. The van der Waals surface area contributed by atoms with Crippen molar-refractivity contribution >= 4 is 74.1 Å². The summed E-state index contributed by atoms with van der Waals surface area (Å²) in [6, 6.07) is 18.0. The van der Waals surface area contributed by atoms with Crippen LogP contribution in [0.25, 0.3) is 0 Å². The van der Waals surface area contributed by atoms with Gasteiger partial charge in [-0.2, -0.15) is 0 Å². The van der Waals surface area contributed by atoms with E-state index in [1.807, 2.05) is 53.9 Å². The van der Waals surface area contributed by atoms with Gasteiger partial charge in [-0.1, -0.05) is 70.0 Å². The zero-order valence-electron chi connectivity index (χ0n) is 23.7. The van der Waals surface area contributed by atoms with Gasteiger partial charge in [0.15, 0.2) is 9.75 Å². The normalized spacial score (nSPS) is 30.7. The molecule has 3 aromatic rings. The first-order chi connectivity index (χ1) is 21.6. The highest BCUT2D eigenvalue weighted by Gasteiger charge is 2.76. The van der Waals surface area contributed by atoms with Crippen molar-refractivity contribution in [2.24, 2.45) is 17.8 Å². The smallest absolute Gasteiger partial charge is 0.254 e. The van der Waals surface area contributed by atoms with Crippen molar-refractivity contribution in [1.29, 1.82) is 0 Å². The van der Waals surface area contributed by atoms with Crippen LogP contribution in [0.15, 0.2) is 77.7 Å². The number of alkyl halides is 3. The number of carbonyl (C=O) groups is 4. The maximum absolute atomic E-state index is 14.0. The van der Waals surface area contributed by atoms with Gasteiger partial charge in [0.25, 0.3) is 11.8 Å². The van der Waals surface area contributed by atoms with E-state index in [-0.39, 0.29) is 54.6 Å². The van der Waals surface area contributed by atoms with Crippen LogP contribution < -0.4 is 4.74 Å². The molecule has 2 saturated heterocycles. The number of hydrogen-bond donors (Lipinski definition) is 1. The fourth-order valence-corrected chi connectivity index (χ4v) is 9.59. The maximum atomic E-state index is 14.0. The van der Waals surface area contributed by atoms with E-state index in [2.05, 4.69) is 15.9 Å². The average Bonchev–Trinajstić information content (AvgIpc) is 3.68. The highest BCUT2D eigenvalue weighted by molar-refractivity contribution is 9.09. The lowest BCUT2D eigenvalue weighted by atomic mass is 9.56. The van der Waals surface area contributed by atoms with Crippen LogP contribution in [0.2, 0.25) is 0 Å². The largest absolute Gasteiger partial charge is 0.508 e. The Bertz CT molecular complexity index is 1750. The lowest BCUT2D eigenvalue weighted by Gasteiger charge is -2.50. The summed E-state index contributed by atoms with van der Waals surface area (Å²) in [4.78, 5) is 54.6. The SMILES string of the molecule is O=C1[C@H]2[C@H](CC=C3[C@H]2C[C@@]2(Cl)C(=O)N(CBr)C(=O)[C@@]2(Cl)[C@H]3c2ccc(OCc3ccccc3)cc2O)C(=O)N1Cc1cccs1. The summed E-state index contributed by atoms with van der Waals surface area (Å²) in [5.41, 5.74) is 1.72. The molecule has 6 atom stereocenters. The first kappa shape index (κ1) is 30.5. The minimum atomic E-state index is -2.00. The Hall–Kier alpha value is -3.18. The highest BCUT2D eigenvalue weighted by atomic mass is 79.9. The first-order valence-corrected chi connectivity index (χ1v) is 17.2. The zero-order valence-corrected chi connectivity index (χ0v) is 27.6. The van der Waals surface area contributed by atoms with Crippen molar-refractivity contribution in [1.82, 2.24) is 9.80 Å². The molecule has 4 aliphatic rings. The van der Waals surface area contributed by atoms with Crippen LogP contribution in [0.3, 0.4) is 0 Å². The minimum absolute atomic E-state index is 0.111. The number of halogens is 3. The van der Waals surface area contributed by atoms with E-state index >= 15 is 0 Å². The van der Waals surface area contributed by atoms with Crippen molar-refractivity contribution in [2.75, 3.05) is 5.45 Å². The van der Waals surface area contributed by atoms with Crippen LogP contribution in [-0.4, -0.2) is 53.7 Å². The van der Waals surface area contributed by atoms with E-state index in [1.54, 1.807) is 12.1 Å². The molecular formula is C33H27BrCl2N2O6S. The molecular weight excluding hydrogens is 703 g/mol. The quantitative estimate of drug-likeness (QED) is 0.140. The molecule has 0 spiro atoms. The van der Waals surface area contributed by atoms with Crippen molar-refractivity contribution in [2.45, 2.75) is 41.7 Å². The second kappa shape index (κ2) is 11.3. The number of benzene rings is 2. The molecule has 0 bridgehead atoms. The fraction of sp³-hybridized carbons (Fsp3) is 0.333. The molecule has 2 aliphatic carbocycles. The molecule has 232 valence electrons. The predicted molar refractivity (Wildman–Crippen MR) is 172 cm³/mol. The summed E-state index contributed by atoms with van der Waals surface area (Å²) in [7, 11) is 0. The molecule has 7 rings (SSSR count). The number of phenolic OH excluding ortho intramolecular Hbond substituents is 1. The van der Waals surface area contributed by atoms with E-state index in [9.17, 15) is 24.3 Å². The highest BCUT2D eigenvalue weighted by Crippen LogP contribution is 2.66. The number of hydrogen-bond acceptors (Lipinski definition) is 7. The Balaban J connectivity index is 1.30. The van der Waals surface area contributed by atoms with Crippen molar-refractivity contribution in [3.05, 3.63) is 93.7 Å². The van der Waals surface area contributed by atoms with Gasteiger partial charge >= 0.3 is 0 Å². The fourth-order valence-electron chi connectivity index (χ4n) is 7.48.